The molecule has 2 aromatic rings. The van der Waals surface area contributed by atoms with Crippen molar-refractivity contribution in [1.29, 1.82) is 0 Å². The molecule has 0 saturated carbocycles. The van der Waals surface area contributed by atoms with Crippen LogP contribution in [0.2, 0.25) is 0 Å². The number of hydrogen-bond acceptors (Lipinski definition) is 4. The average Bonchev–Trinajstić information content (AvgIpc) is 2.44. The Balaban J connectivity index is 2.90. The molecule has 4 nitrogen and oxygen atoms in total. The van der Waals surface area contributed by atoms with Crippen LogP contribution in [0.1, 0.15) is 24.2 Å². The molecule has 0 aromatic heterocycles. The molecule has 0 bridgehead atoms. The molecule has 2 rings (SSSR count). The number of rotatable bonds is 4. The number of aliphatic hydroxyl groups is 2. The van der Waals surface area contributed by atoms with Crippen LogP contribution < -0.4 is 9.47 Å². The summed E-state index contributed by atoms with van der Waals surface area (Å²) in [7, 11) is 3.14. The molecular weight excluding hydrogens is 256 g/mol. The van der Waals surface area contributed by atoms with Crippen molar-refractivity contribution in [3.63, 3.8) is 0 Å². The van der Waals surface area contributed by atoms with Crippen molar-refractivity contribution < 1.29 is 19.7 Å². The summed E-state index contributed by atoms with van der Waals surface area (Å²) in [4.78, 5) is 0. The molecule has 0 heterocycles. The molecule has 2 N–H and O–H groups in total. The van der Waals surface area contributed by atoms with Crippen molar-refractivity contribution in [2.45, 2.75) is 26.1 Å². The van der Waals surface area contributed by atoms with Crippen LogP contribution in [0.3, 0.4) is 0 Å². The van der Waals surface area contributed by atoms with Crippen molar-refractivity contribution in [2.24, 2.45) is 0 Å². The molecule has 0 spiro atoms. The van der Waals surface area contributed by atoms with Crippen molar-refractivity contribution in [1.82, 2.24) is 0 Å². The lowest BCUT2D eigenvalue weighted by Crippen LogP contribution is -2.16. The van der Waals surface area contributed by atoms with Crippen molar-refractivity contribution in [3.05, 3.63) is 35.4 Å². The molecule has 0 radical (unpaired) electrons. The van der Waals surface area contributed by atoms with E-state index in [1.165, 1.54) is 0 Å². The van der Waals surface area contributed by atoms with Crippen molar-refractivity contribution in [2.75, 3.05) is 14.2 Å². The number of hydrogen-bond donors (Lipinski definition) is 2. The van der Waals surface area contributed by atoms with Crippen LogP contribution in [-0.2, 0) is 0 Å². The molecule has 108 valence electrons. The number of methoxy groups -OCH3 is 2. The summed E-state index contributed by atoms with van der Waals surface area (Å²) in [6.45, 7) is 3.46. The van der Waals surface area contributed by atoms with Gasteiger partial charge in [-0.3, -0.25) is 0 Å². The summed E-state index contributed by atoms with van der Waals surface area (Å²) in [5, 5.41) is 21.8. The first-order valence-electron chi connectivity index (χ1n) is 6.51. The van der Waals surface area contributed by atoms with Crippen molar-refractivity contribution >= 4 is 10.8 Å². The zero-order chi connectivity index (χ0) is 14.9. The van der Waals surface area contributed by atoms with Crippen molar-refractivity contribution in [3.8, 4) is 11.5 Å². The lowest BCUT2D eigenvalue weighted by molar-refractivity contribution is 0.0299. The summed E-state index contributed by atoms with van der Waals surface area (Å²) >= 11 is 0. The van der Waals surface area contributed by atoms with Gasteiger partial charge in [-0.2, -0.15) is 0 Å². The molecule has 2 aromatic carbocycles. The molecule has 2 unspecified atom stereocenters. The van der Waals surface area contributed by atoms with Gasteiger partial charge in [0.2, 0.25) is 0 Å². The number of benzene rings is 2. The van der Waals surface area contributed by atoms with Gasteiger partial charge in [-0.15, -0.1) is 0 Å². The Morgan fingerprint density at radius 3 is 2.35 bits per heavy atom. The van der Waals surface area contributed by atoms with Crippen LogP contribution in [0.15, 0.2) is 24.3 Å². The van der Waals surface area contributed by atoms with E-state index < -0.39 is 12.2 Å². The zero-order valence-electron chi connectivity index (χ0n) is 12.2. The van der Waals surface area contributed by atoms with Crippen LogP contribution in [0, 0.1) is 6.92 Å². The van der Waals surface area contributed by atoms with Gasteiger partial charge >= 0.3 is 0 Å². The van der Waals surface area contributed by atoms with Gasteiger partial charge in [0.1, 0.15) is 17.6 Å². The summed E-state index contributed by atoms with van der Waals surface area (Å²) in [5.41, 5.74) is 1.47. The second kappa shape index (κ2) is 5.69. The monoisotopic (exact) mass is 276 g/mol. The van der Waals surface area contributed by atoms with Gasteiger partial charge in [0, 0.05) is 10.9 Å². The maximum atomic E-state index is 10.4. The van der Waals surface area contributed by atoms with Gasteiger partial charge in [0.15, 0.2) is 0 Å². The minimum absolute atomic E-state index is 0.565. The van der Waals surface area contributed by atoms with E-state index in [0.717, 1.165) is 16.3 Å². The van der Waals surface area contributed by atoms with Gasteiger partial charge in [0.25, 0.3) is 0 Å². The molecule has 2 atom stereocenters. The highest BCUT2D eigenvalue weighted by molar-refractivity contribution is 5.94. The zero-order valence-corrected chi connectivity index (χ0v) is 12.2. The highest BCUT2D eigenvalue weighted by atomic mass is 16.5. The quantitative estimate of drug-likeness (QED) is 0.901. The first-order chi connectivity index (χ1) is 9.51. The average molecular weight is 276 g/mol. The fourth-order valence-corrected chi connectivity index (χ4v) is 2.55. The second-order valence-corrected chi connectivity index (χ2v) is 4.88. The predicted octanol–water partition coefficient (Wildman–Crippen LogP) is 2.58. The lowest BCUT2D eigenvalue weighted by atomic mass is 9.93. The number of aryl methyl sites for hydroxylation is 1. The molecule has 0 saturated heterocycles. The molecule has 0 aliphatic rings. The number of aliphatic hydroxyl groups excluding tert-OH is 2. The Morgan fingerprint density at radius 2 is 1.80 bits per heavy atom. The van der Waals surface area contributed by atoms with E-state index in [4.69, 9.17) is 9.47 Å². The Kier molecular flexibility index (Phi) is 4.16. The Labute approximate surface area is 118 Å². The summed E-state index contributed by atoms with van der Waals surface area (Å²) in [5.74, 6) is 1.23. The van der Waals surface area contributed by atoms with E-state index in [-0.39, 0.29) is 0 Å². The van der Waals surface area contributed by atoms with Gasteiger partial charge in [-0.05, 0) is 36.9 Å². The van der Waals surface area contributed by atoms with Crippen LogP contribution in [0.25, 0.3) is 10.8 Å². The molecular formula is C16H20O4. The summed E-state index contributed by atoms with van der Waals surface area (Å²) in [6.07, 6.45) is -1.94. The first kappa shape index (κ1) is 14.6. The Morgan fingerprint density at radius 1 is 1.10 bits per heavy atom. The van der Waals surface area contributed by atoms with Gasteiger partial charge in [0.05, 0.1) is 20.3 Å². The number of fused-ring (bicyclic) bond motifs is 1. The normalized spacial score (nSPS) is 14.1. The summed E-state index contributed by atoms with van der Waals surface area (Å²) in [6, 6.07) is 7.65. The van der Waals surface area contributed by atoms with E-state index in [9.17, 15) is 10.2 Å². The smallest absolute Gasteiger partial charge is 0.128 e. The third kappa shape index (κ3) is 2.32. The molecule has 20 heavy (non-hydrogen) atoms. The van der Waals surface area contributed by atoms with Gasteiger partial charge in [-0.25, -0.2) is 0 Å². The Bertz CT molecular complexity index is 619. The molecule has 4 heteroatoms. The maximum absolute atomic E-state index is 10.4. The van der Waals surface area contributed by atoms with Gasteiger partial charge in [-0.1, -0.05) is 12.1 Å². The fourth-order valence-electron chi connectivity index (χ4n) is 2.55. The largest absolute Gasteiger partial charge is 0.496 e. The second-order valence-electron chi connectivity index (χ2n) is 4.88. The van der Waals surface area contributed by atoms with E-state index in [2.05, 4.69) is 0 Å². The van der Waals surface area contributed by atoms with E-state index in [1.54, 1.807) is 21.1 Å². The third-order valence-electron chi connectivity index (χ3n) is 3.48. The van der Waals surface area contributed by atoms with E-state index >= 15 is 0 Å². The third-order valence-corrected chi connectivity index (χ3v) is 3.48. The first-order valence-corrected chi connectivity index (χ1v) is 6.51. The highest BCUT2D eigenvalue weighted by Gasteiger charge is 2.24. The predicted molar refractivity (Wildman–Crippen MR) is 78.4 cm³/mol. The molecule has 0 aliphatic carbocycles. The SMILES string of the molecule is COc1c(C)cc2cccc(OC)c2c1C(O)C(C)O. The van der Waals surface area contributed by atoms with Crippen LogP contribution in [0.5, 0.6) is 11.5 Å². The van der Waals surface area contributed by atoms with E-state index in [1.807, 2.05) is 31.2 Å². The standard InChI is InChI=1S/C16H20O4/c1-9-8-11-6-5-7-12(19-3)13(11)14(16(9)20-4)15(18)10(2)17/h5-8,10,15,17-18H,1-4H3. The minimum Gasteiger partial charge on any atom is -0.496 e. The fraction of sp³-hybridized carbons (Fsp3) is 0.375. The van der Waals surface area contributed by atoms with Crippen LogP contribution in [0.4, 0.5) is 0 Å². The van der Waals surface area contributed by atoms with Gasteiger partial charge < -0.3 is 19.7 Å². The molecule has 0 fully saturated rings. The maximum Gasteiger partial charge on any atom is 0.128 e. The van der Waals surface area contributed by atoms with E-state index in [0.29, 0.717) is 17.1 Å². The lowest BCUT2D eigenvalue weighted by Gasteiger charge is -2.22. The minimum atomic E-state index is -1.04. The topological polar surface area (TPSA) is 58.9 Å². The Hall–Kier alpha value is -1.78. The van der Waals surface area contributed by atoms with Crippen LogP contribution >= 0.6 is 0 Å². The number of ether oxygens (including phenoxy) is 2. The molecule has 0 aliphatic heterocycles. The molecule has 0 amide bonds. The van der Waals surface area contributed by atoms with Crippen LogP contribution in [-0.4, -0.2) is 30.5 Å². The highest BCUT2D eigenvalue weighted by Crippen LogP contribution is 2.41. The summed E-state index contributed by atoms with van der Waals surface area (Å²) < 4.78 is 10.8.